The van der Waals surface area contributed by atoms with Crippen LogP contribution < -0.4 is 14.7 Å². The van der Waals surface area contributed by atoms with Crippen molar-refractivity contribution < 1.29 is 4.74 Å². The van der Waals surface area contributed by atoms with Crippen molar-refractivity contribution in [3.05, 3.63) is 137 Å². The quantitative estimate of drug-likeness (QED) is 0.209. The lowest BCUT2D eigenvalue weighted by molar-refractivity contribution is 0.213. The van der Waals surface area contributed by atoms with E-state index in [1.54, 1.807) is 0 Å². The maximum absolute atomic E-state index is 6.61. The van der Waals surface area contributed by atoms with E-state index in [9.17, 15) is 0 Å². The van der Waals surface area contributed by atoms with Gasteiger partial charge in [0.15, 0.2) is 0 Å². The normalized spacial score (nSPS) is 14.7. The summed E-state index contributed by atoms with van der Waals surface area (Å²) in [6, 6.07) is 34.4. The fourth-order valence-electron chi connectivity index (χ4n) is 4.80. The smallest absolute Gasteiger partial charge is 0.143 e. The molecule has 1 heterocycles. The average molecular weight is 542 g/mol. The standard InChI is InChI=1S/C37H39N3O/c1-38(2)33-19-11-28(12-20-33)8-7-27-9-13-30(14-10-27)36-25-32(29-15-21-34(22-16-29)39(3)4)26-37(41-36)31-17-23-35(24-18-31)40(5)6/h7-26,37H,1-6H3. The highest BCUT2D eigenvalue weighted by Gasteiger charge is 2.20. The van der Waals surface area contributed by atoms with Gasteiger partial charge in [-0.25, -0.2) is 0 Å². The molecule has 1 aliphatic heterocycles. The van der Waals surface area contributed by atoms with Crippen LogP contribution in [0.15, 0.2) is 109 Å². The number of allylic oxidation sites excluding steroid dienone is 2. The Kier molecular flexibility index (Phi) is 8.30. The summed E-state index contributed by atoms with van der Waals surface area (Å²) in [6.45, 7) is 0. The molecule has 0 amide bonds. The van der Waals surface area contributed by atoms with Crippen LogP contribution in [0.3, 0.4) is 0 Å². The molecule has 0 saturated heterocycles. The Labute approximate surface area is 245 Å². The van der Waals surface area contributed by atoms with E-state index in [1.165, 1.54) is 28.2 Å². The number of rotatable bonds is 8. The largest absolute Gasteiger partial charge is 0.481 e. The van der Waals surface area contributed by atoms with Gasteiger partial charge in [-0.1, -0.05) is 72.8 Å². The predicted octanol–water partition coefficient (Wildman–Crippen LogP) is 8.25. The summed E-state index contributed by atoms with van der Waals surface area (Å²) in [4.78, 5) is 6.34. The van der Waals surface area contributed by atoms with Gasteiger partial charge in [0.05, 0.1) is 0 Å². The Morgan fingerprint density at radius 3 is 1.41 bits per heavy atom. The molecule has 0 saturated carbocycles. The number of nitrogens with zero attached hydrogens (tertiary/aromatic N) is 3. The second kappa shape index (κ2) is 12.2. The van der Waals surface area contributed by atoms with E-state index in [-0.39, 0.29) is 6.10 Å². The third kappa shape index (κ3) is 6.72. The van der Waals surface area contributed by atoms with Crippen LogP contribution in [0, 0.1) is 0 Å². The van der Waals surface area contributed by atoms with Crippen LogP contribution in [-0.4, -0.2) is 42.3 Å². The van der Waals surface area contributed by atoms with E-state index in [1.807, 2.05) is 0 Å². The molecule has 0 aliphatic carbocycles. The number of ether oxygens (including phenoxy) is 1. The Morgan fingerprint density at radius 1 is 0.512 bits per heavy atom. The van der Waals surface area contributed by atoms with Gasteiger partial charge in [-0.2, -0.15) is 0 Å². The van der Waals surface area contributed by atoms with Crippen molar-refractivity contribution in [2.24, 2.45) is 0 Å². The molecule has 4 aromatic carbocycles. The molecule has 1 unspecified atom stereocenters. The van der Waals surface area contributed by atoms with Gasteiger partial charge in [-0.15, -0.1) is 0 Å². The Balaban J connectivity index is 1.41. The van der Waals surface area contributed by atoms with Crippen LogP contribution in [0.25, 0.3) is 23.5 Å². The van der Waals surface area contributed by atoms with E-state index in [0.717, 1.165) is 28.0 Å². The predicted molar refractivity (Wildman–Crippen MR) is 177 cm³/mol. The molecule has 208 valence electrons. The molecule has 5 rings (SSSR count). The minimum absolute atomic E-state index is 0.181. The molecule has 1 atom stereocenters. The minimum Gasteiger partial charge on any atom is -0.481 e. The molecule has 0 fully saturated rings. The molecule has 0 radical (unpaired) electrons. The summed E-state index contributed by atoms with van der Waals surface area (Å²) < 4.78 is 6.61. The lowest BCUT2D eigenvalue weighted by atomic mass is 9.96. The first kappa shape index (κ1) is 27.9. The zero-order valence-corrected chi connectivity index (χ0v) is 24.9. The van der Waals surface area contributed by atoms with E-state index >= 15 is 0 Å². The van der Waals surface area contributed by atoms with Gasteiger partial charge in [0.25, 0.3) is 0 Å². The fourth-order valence-corrected chi connectivity index (χ4v) is 4.80. The molecular weight excluding hydrogens is 502 g/mol. The van der Waals surface area contributed by atoms with Crippen molar-refractivity contribution in [3.8, 4) is 0 Å². The number of benzene rings is 4. The van der Waals surface area contributed by atoms with E-state index in [0.29, 0.717) is 0 Å². The minimum atomic E-state index is -0.181. The summed E-state index contributed by atoms with van der Waals surface area (Å²) in [7, 11) is 12.4. The first-order chi connectivity index (χ1) is 19.8. The molecule has 0 spiro atoms. The Hall–Kier alpha value is -4.70. The third-order valence-electron chi connectivity index (χ3n) is 7.40. The van der Waals surface area contributed by atoms with Crippen LogP contribution in [0.5, 0.6) is 0 Å². The maximum Gasteiger partial charge on any atom is 0.143 e. The molecule has 0 N–H and O–H groups in total. The van der Waals surface area contributed by atoms with Gasteiger partial charge >= 0.3 is 0 Å². The second-order valence-electron chi connectivity index (χ2n) is 11.0. The second-order valence-corrected chi connectivity index (χ2v) is 11.0. The number of hydrogen-bond donors (Lipinski definition) is 0. The molecule has 0 aromatic heterocycles. The molecule has 4 nitrogen and oxygen atoms in total. The number of anilines is 3. The monoisotopic (exact) mass is 541 g/mol. The SMILES string of the molecule is CN(C)c1ccc(C=Cc2ccc(C3=CC(c4ccc(N(C)C)cc4)=CC(c4ccc(N(C)C)cc4)O3)cc2)cc1. The third-order valence-corrected chi connectivity index (χ3v) is 7.40. The topological polar surface area (TPSA) is 19.0 Å². The zero-order chi connectivity index (χ0) is 28.9. The van der Waals surface area contributed by atoms with Gasteiger partial charge in [0.2, 0.25) is 0 Å². The summed E-state index contributed by atoms with van der Waals surface area (Å²) in [5.74, 6) is 0.871. The van der Waals surface area contributed by atoms with Crippen LogP contribution in [0.2, 0.25) is 0 Å². The number of hydrogen-bond acceptors (Lipinski definition) is 4. The van der Waals surface area contributed by atoms with Crippen molar-refractivity contribution in [1.82, 2.24) is 0 Å². The van der Waals surface area contributed by atoms with Crippen molar-refractivity contribution in [2.75, 3.05) is 57.0 Å². The lowest BCUT2D eigenvalue weighted by Gasteiger charge is -2.25. The van der Waals surface area contributed by atoms with E-state index < -0.39 is 0 Å². The van der Waals surface area contributed by atoms with E-state index in [4.69, 9.17) is 4.74 Å². The van der Waals surface area contributed by atoms with Crippen molar-refractivity contribution in [3.63, 3.8) is 0 Å². The molecule has 1 aliphatic rings. The maximum atomic E-state index is 6.61. The molecule has 4 heteroatoms. The summed E-state index contributed by atoms with van der Waals surface area (Å²) in [5, 5.41) is 0. The van der Waals surface area contributed by atoms with Gasteiger partial charge in [0, 0.05) is 64.9 Å². The highest BCUT2D eigenvalue weighted by Crippen LogP contribution is 2.37. The Morgan fingerprint density at radius 2 is 0.927 bits per heavy atom. The van der Waals surface area contributed by atoms with E-state index in [2.05, 4.69) is 178 Å². The summed E-state index contributed by atoms with van der Waals surface area (Å²) in [5.41, 5.74) is 10.4. The highest BCUT2D eigenvalue weighted by molar-refractivity contribution is 5.85. The van der Waals surface area contributed by atoms with Crippen molar-refractivity contribution >= 4 is 40.5 Å². The molecular formula is C37H39N3O. The summed E-state index contributed by atoms with van der Waals surface area (Å²) in [6.07, 6.45) is 8.50. The Bertz CT molecular complexity index is 1540. The van der Waals surface area contributed by atoms with Gasteiger partial charge in [0.1, 0.15) is 11.9 Å². The molecule has 4 aromatic rings. The first-order valence-electron chi connectivity index (χ1n) is 14.0. The van der Waals surface area contributed by atoms with Crippen LogP contribution >= 0.6 is 0 Å². The van der Waals surface area contributed by atoms with Gasteiger partial charge in [-0.3, -0.25) is 0 Å². The fraction of sp³-hybridized carbons (Fsp3) is 0.189. The molecule has 0 bridgehead atoms. The van der Waals surface area contributed by atoms with Gasteiger partial charge in [-0.05, 0) is 76.4 Å². The van der Waals surface area contributed by atoms with Crippen molar-refractivity contribution in [2.45, 2.75) is 6.10 Å². The van der Waals surface area contributed by atoms with Crippen LogP contribution in [-0.2, 0) is 4.74 Å². The first-order valence-corrected chi connectivity index (χ1v) is 14.0. The highest BCUT2D eigenvalue weighted by atomic mass is 16.5. The lowest BCUT2D eigenvalue weighted by Crippen LogP contribution is -2.10. The van der Waals surface area contributed by atoms with Crippen LogP contribution in [0.4, 0.5) is 17.1 Å². The van der Waals surface area contributed by atoms with Crippen LogP contribution in [0.1, 0.15) is 33.9 Å². The molecule has 41 heavy (non-hydrogen) atoms. The zero-order valence-electron chi connectivity index (χ0n) is 24.9. The van der Waals surface area contributed by atoms with Crippen molar-refractivity contribution in [1.29, 1.82) is 0 Å². The van der Waals surface area contributed by atoms with Gasteiger partial charge < -0.3 is 19.4 Å². The average Bonchev–Trinajstić information content (AvgIpc) is 3.00. The summed E-state index contributed by atoms with van der Waals surface area (Å²) >= 11 is 0.